The van der Waals surface area contributed by atoms with Gasteiger partial charge >= 0.3 is 5.97 Å². The molecule has 1 rings (SSSR count). The lowest BCUT2D eigenvalue weighted by Crippen LogP contribution is -2.50. The molecule has 1 N–H and O–H groups in total. The SMILES string of the molecule is CCNC(C)(CCSCc1cccc(C)c1)C(=O)OC. The van der Waals surface area contributed by atoms with Crippen molar-refractivity contribution < 1.29 is 9.53 Å². The average Bonchev–Trinajstić information content (AvgIpc) is 2.43. The molecule has 0 aliphatic heterocycles. The standard InChI is InChI=1S/C16H25NO2S/c1-5-17-16(3,15(18)19-4)9-10-20-12-14-8-6-7-13(2)11-14/h6-8,11,17H,5,9-10,12H2,1-4H3. The van der Waals surface area contributed by atoms with E-state index < -0.39 is 5.54 Å². The summed E-state index contributed by atoms with van der Waals surface area (Å²) < 4.78 is 4.89. The number of nitrogens with one attached hydrogen (secondary N) is 1. The number of esters is 1. The first kappa shape index (κ1) is 17.1. The van der Waals surface area contributed by atoms with Crippen molar-refractivity contribution in [2.24, 2.45) is 0 Å². The molecule has 0 heterocycles. The van der Waals surface area contributed by atoms with Gasteiger partial charge in [0, 0.05) is 5.75 Å². The van der Waals surface area contributed by atoms with Crippen molar-refractivity contribution in [2.75, 3.05) is 19.4 Å². The van der Waals surface area contributed by atoms with E-state index in [1.165, 1.54) is 18.2 Å². The number of thioether (sulfide) groups is 1. The maximum absolute atomic E-state index is 11.8. The Morgan fingerprint density at radius 1 is 1.45 bits per heavy atom. The second-order valence-corrected chi connectivity index (χ2v) is 6.25. The summed E-state index contributed by atoms with van der Waals surface area (Å²) in [5.41, 5.74) is 2.04. The Balaban J connectivity index is 2.43. The van der Waals surface area contributed by atoms with E-state index in [1.54, 1.807) is 0 Å². The van der Waals surface area contributed by atoms with Crippen LogP contribution in [0.4, 0.5) is 0 Å². The number of hydrogen-bond donors (Lipinski definition) is 1. The van der Waals surface area contributed by atoms with Gasteiger partial charge in [0.2, 0.25) is 0 Å². The normalized spacial score (nSPS) is 13.8. The number of likely N-dealkylation sites (N-methyl/N-ethyl adjacent to an activating group) is 1. The van der Waals surface area contributed by atoms with E-state index in [1.807, 2.05) is 25.6 Å². The maximum atomic E-state index is 11.8. The number of carbonyl (C=O) groups excluding carboxylic acids is 1. The number of aryl methyl sites for hydroxylation is 1. The molecule has 0 aromatic heterocycles. The van der Waals surface area contributed by atoms with Crippen LogP contribution in [-0.2, 0) is 15.3 Å². The van der Waals surface area contributed by atoms with E-state index in [4.69, 9.17) is 4.74 Å². The van der Waals surface area contributed by atoms with Gasteiger partial charge < -0.3 is 10.1 Å². The van der Waals surface area contributed by atoms with Crippen LogP contribution in [0.1, 0.15) is 31.4 Å². The van der Waals surface area contributed by atoms with Gasteiger partial charge in [-0.05, 0) is 38.1 Å². The smallest absolute Gasteiger partial charge is 0.325 e. The summed E-state index contributed by atoms with van der Waals surface area (Å²) >= 11 is 1.85. The summed E-state index contributed by atoms with van der Waals surface area (Å²) in [6.45, 7) is 6.78. The average molecular weight is 295 g/mol. The summed E-state index contributed by atoms with van der Waals surface area (Å²) in [7, 11) is 1.44. The molecule has 0 spiro atoms. The molecule has 0 saturated carbocycles. The Kier molecular flexibility index (Phi) is 7.10. The van der Waals surface area contributed by atoms with Gasteiger partial charge in [-0.2, -0.15) is 11.8 Å². The lowest BCUT2D eigenvalue weighted by molar-refractivity contribution is -0.147. The largest absolute Gasteiger partial charge is 0.468 e. The van der Waals surface area contributed by atoms with Gasteiger partial charge in [-0.15, -0.1) is 0 Å². The van der Waals surface area contributed by atoms with Crippen LogP contribution in [0.5, 0.6) is 0 Å². The van der Waals surface area contributed by atoms with E-state index in [2.05, 4.69) is 36.5 Å². The molecule has 4 heteroatoms. The van der Waals surface area contributed by atoms with Crippen molar-refractivity contribution in [3.8, 4) is 0 Å². The predicted octanol–water partition coefficient (Wildman–Crippen LogP) is 3.16. The molecule has 0 aliphatic carbocycles. The van der Waals surface area contributed by atoms with E-state index in [0.29, 0.717) is 0 Å². The Labute approximate surface area is 126 Å². The molecule has 0 bridgehead atoms. The number of benzene rings is 1. The Hall–Kier alpha value is -1.00. The molecular formula is C16H25NO2S. The lowest BCUT2D eigenvalue weighted by Gasteiger charge is -2.27. The van der Waals surface area contributed by atoms with Gasteiger partial charge in [-0.25, -0.2) is 0 Å². The molecule has 0 aliphatic rings. The van der Waals surface area contributed by atoms with Crippen molar-refractivity contribution >= 4 is 17.7 Å². The molecule has 0 amide bonds. The third-order valence-electron chi connectivity index (χ3n) is 3.30. The third kappa shape index (κ3) is 5.17. The van der Waals surface area contributed by atoms with Crippen LogP contribution in [0.15, 0.2) is 24.3 Å². The fourth-order valence-electron chi connectivity index (χ4n) is 2.15. The number of ether oxygens (including phenoxy) is 1. The van der Waals surface area contributed by atoms with Gasteiger partial charge in [-0.1, -0.05) is 36.8 Å². The first-order valence-corrected chi connectivity index (χ1v) is 8.14. The molecule has 112 valence electrons. The van der Waals surface area contributed by atoms with E-state index in [-0.39, 0.29) is 5.97 Å². The molecule has 1 aromatic carbocycles. The molecule has 1 aromatic rings. The van der Waals surface area contributed by atoms with E-state index in [0.717, 1.165) is 24.5 Å². The molecule has 1 atom stereocenters. The van der Waals surface area contributed by atoms with Gasteiger partial charge in [-0.3, -0.25) is 4.79 Å². The van der Waals surface area contributed by atoms with Crippen molar-refractivity contribution in [3.63, 3.8) is 0 Å². The van der Waals surface area contributed by atoms with Crippen LogP contribution in [-0.4, -0.2) is 30.9 Å². The minimum absolute atomic E-state index is 0.185. The highest BCUT2D eigenvalue weighted by Gasteiger charge is 2.32. The summed E-state index contributed by atoms with van der Waals surface area (Å²) in [6.07, 6.45) is 0.768. The highest BCUT2D eigenvalue weighted by atomic mass is 32.2. The minimum Gasteiger partial charge on any atom is -0.468 e. The quantitative estimate of drug-likeness (QED) is 0.590. The fraction of sp³-hybridized carbons (Fsp3) is 0.562. The molecule has 0 radical (unpaired) electrons. The summed E-state index contributed by atoms with van der Waals surface area (Å²) in [6, 6.07) is 8.54. The Morgan fingerprint density at radius 3 is 2.80 bits per heavy atom. The van der Waals surface area contributed by atoms with Crippen molar-refractivity contribution in [3.05, 3.63) is 35.4 Å². The van der Waals surface area contributed by atoms with Crippen LogP contribution in [0.2, 0.25) is 0 Å². The topological polar surface area (TPSA) is 38.3 Å². The highest BCUT2D eigenvalue weighted by Crippen LogP contribution is 2.19. The first-order chi connectivity index (χ1) is 9.51. The highest BCUT2D eigenvalue weighted by molar-refractivity contribution is 7.98. The van der Waals surface area contributed by atoms with E-state index >= 15 is 0 Å². The number of methoxy groups -OCH3 is 1. The van der Waals surface area contributed by atoms with Gasteiger partial charge in [0.1, 0.15) is 5.54 Å². The summed E-state index contributed by atoms with van der Waals surface area (Å²) in [5.74, 6) is 1.72. The van der Waals surface area contributed by atoms with Crippen LogP contribution in [0.3, 0.4) is 0 Å². The van der Waals surface area contributed by atoms with Crippen molar-refractivity contribution in [1.29, 1.82) is 0 Å². The van der Waals surface area contributed by atoms with Crippen LogP contribution >= 0.6 is 11.8 Å². The Bertz CT molecular complexity index is 436. The number of hydrogen-bond acceptors (Lipinski definition) is 4. The van der Waals surface area contributed by atoms with Crippen molar-refractivity contribution in [1.82, 2.24) is 5.32 Å². The molecule has 0 fully saturated rings. The minimum atomic E-state index is -0.580. The second-order valence-electron chi connectivity index (χ2n) is 5.15. The number of rotatable bonds is 8. The predicted molar refractivity (Wildman–Crippen MR) is 86.1 cm³/mol. The van der Waals surface area contributed by atoms with Gasteiger partial charge in [0.25, 0.3) is 0 Å². The monoisotopic (exact) mass is 295 g/mol. The van der Waals surface area contributed by atoms with Gasteiger partial charge in [0.15, 0.2) is 0 Å². The Morgan fingerprint density at radius 2 is 2.20 bits per heavy atom. The molecule has 3 nitrogen and oxygen atoms in total. The maximum Gasteiger partial charge on any atom is 0.325 e. The molecule has 20 heavy (non-hydrogen) atoms. The fourth-order valence-corrected chi connectivity index (χ4v) is 3.26. The molecule has 0 saturated heterocycles. The zero-order valence-corrected chi connectivity index (χ0v) is 13.7. The van der Waals surface area contributed by atoms with Crippen LogP contribution in [0.25, 0.3) is 0 Å². The zero-order valence-electron chi connectivity index (χ0n) is 12.9. The molecular weight excluding hydrogens is 270 g/mol. The second kappa shape index (κ2) is 8.32. The molecule has 1 unspecified atom stereocenters. The van der Waals surface area contributed by atoms with Crippen molar-refractivity contribution in [2.45, 2.75) is 38.5 Å². The van der Waals surface area contributed by atoms with E-state index in [9.17, 15) is 4.79 Å². The third-order valence-corrected chi connectivity index (χ3v) is 4.33. The number of carbonyl (C=O) groups is 1. The summed E-state index contributed by atoms with van der Waals surface area (Å²) in [5, 5.41) is 3.23. The zero-order chi connectivity index (χ0) is 15.0. The van der Waals surface area contributed by atoms with Gasteiger partial charge in [0.05, 0.1) is 7.11 Å². The van der Waals surface area contributed by atoms with Crippen LogP contribution < -0.4 is 5.32 Å². The summed E-state index contributed by atoms with van der Waals surface area (Å²) in [4.78, 5) is 11.8. The lowest BCUT2D eigenvalue weighted by atomic mass is 9.99. The first-order valence-electron chi connectivity index (χ1n) is 6.98. The van der Waals surface area contributed by atoms with Crippen LogP contribution in [0, 0.1) is 6.92 Å².